The highest BCUT2D eigenvalue weighted by atomic mass is 19.1. The van der Waals surface area contributed by atoms with Gasteiger partial charge in [0, 0.05) is 16.9 Å². The van der Waals surface area contributed by atoms with E-state index in [0.717, 1.165) is 5.69 Å². The van der Waals surface area contributed by atoms with E-state index >= 15 is 0 Å². The molecule has 0 saturated heterocycles. The van der Waals surface area contributed by atoms with Crippen molar-refractivity contribution in [2.45, 2.75) is 6.92 Å². The smallest absolute Gasteiger partial charge is 0.243 e. The number of anilines is 2. The topological polar surface area (TPSA) is 58.2 Å². The Hall–Kier alpha value is -2.69. The molecule has 1 amide bonds. The second-order valence-electron chi connectivity index (χ2n) is 4.55. The van der Waals surface area contributed by atoms with Crippen LogP contribution in [0.4, 0.5) is 15.8 Å². The zero-order valence-electron chi connectivity index (χ0n) is 11.5. The van der Waals surface area contributed by atoms with E-state index in [1.807, 2.05) is 0 Å². The van der Waals surface area contributed by atoms with Gasteiger partial charge in [0.05, 0.1) is 6.54 Å². The maximum atomic E-state index is 13.0. The highest BCUT2D eigenvalue weighted by Gasteiger charge is 2.04. The molecule has 2 N–H and O–H groups in total. The summed E-state index contributed by atoms with van der Waals surface area (Å²) in [5.41, 5.74) is 1.76. The Bertz CT molecular complexity index is 654. The van der Waals surface area contributed by atoms with Gasteiger partial charge in [-0.1, -0.05) is 6.07 Å². The molecule has 5 heteroatoms. The molecule has 0 atom stereocenters. The predicted molar refractivity (Wildman–Crippen MR) is 80.0 cm³/mol. The lowest BCUT2D eigenvalue weighted by molar-refractivity contribution is -0.114. The van der Waals surface area contributed by atoms with E-state index in [0.29, 0.717) is 11.3 Å². The first-order valence-electron chi connectivity index (χ1n) is 6.45. The van der Waals surface area contributed by atoms with Crippen LogP contribution in [0.15, 0.2) is 48.5 Å². The molecule has 0 aliphatic carbocycles. The maximum absolute atomic E-state index is 13.0. The molecule has 2 aromatic carbocycles. The third-order valence-electron chi connectivity index (χ3n) is 2.85. The van der Waals surface area contributed by atoms with Crippen molar-refractivity contribution in [3.8, 4) is 0 Å². The van der Waals surface area contributed by atoms with Gasteiger partial charge in [0.25, 0.3) is 0 Å². The highest BCUT2D eigenvalue weighted by molar-refractivity contribution is 5.95. The van der Waals surface area contributed by atoms with E-state index in [1.165, 1.54) is 25.1 Å². The zero-order chi connectivity index (χ0) is 15.2. The first-order valence-corrected chi connectivity index (χ1v) is 6.45. The minimum absolute atomic E-state index is 0.00889. The molecule has 0 heterocycles. The van der Waals surface area contributed by atoms with Gasteiger partial charge in [-0.05, 0) is 49.4 Å². The molecule has 0 fully saturated rings. The first kappa shape index (κ1) is 14.7. The van der Waals surface area contributed by atoms with Crippen LogP contribution in [0.1, 0.15) is 17.3 Å². The van der Waals surface area contributed by atoms with Crippen LogP contribution in [0.2, 0.25) is 0 Å². The van der Waals surface area contributed by atoms with E-state index in [4.69, 9.17) is 0 Å². The van der Waals surface area contributed by atoms with E-state index in [-0.39, 0.29) is 18.2 Å². The Kier molecular flexibility index (Phi) is 4.66. The van der Waals surface area contributed by atoms with Crippen LogP contribution < -0.4 is 10.6 Å². The average molecular weight is 286 g/mol. The van der Waals surface area contributed by atoms with Gasteiger partial charge in [-0.3, -0.25) is 9.59 Å². The van der Waals surface area contributed by atoms with Gasteiger partial charge in [-0.25, -0.2) is 4.39 Å². The highest BCUT2D eigenvalue weighted by Crippen LogP contribution is 2.11. The quantitative estimate of drug-likeness (QED) is 0.830. The molecule has 108 valence electrons. The fourth-order valence-electron chi connectivity index (χ4n) is 1.78. The van der Waals surface area contributed by atoms with Gasteiger partial charge in [0.15, 0.2) is 5.78 Å². The number of amides is 1. The Morgan fingerprint density at radius 1 is 1.05 bits per heavy atom. The number of Topliss-reactive ketones (excluding diaryl/α,β-unsaturated/α-hetero) is 1. The summed E-state index contributed by atoms with van der Waals surface area (Å²) in [7, 11) is 0. The fourth-order valence-corrected chi connectivity index (χ4v) is 1.78. The number of nitrogens with one attached hydrogen (secondary N) is 2. The van der Waals surface area contributed by atoms with Crippen molar-refractivity contribution in [3.05, 3.63) is 59.9 Å². The summed E-state index contributed by atoms with van der Waals surface area (Å²) < 4.78 is 13.0. The molecule has 0 aliphatic heterocycles. The molecule has 0 saturated carbocycles. The maximum Gasteiger partial charge on any atom is 0.243 e. The summed E-state index contributed by atoms with van der Waals surface area (Å²) in [5, 5.41) is 5.52. The molecular formula is C16H15FN2O2. The van der Waals surface area contributed by atoms with Gasteiger partial charge < -0.3 is 10.6 Å². The van der Waals surface area contributed by atoms with Gasteiger partial charge >= 0.3 is 0 Å². The molecule has 4 nitrogen and oxygen atoms in total. The molecule has 0 radical (unpaired) electrons. The summed E-state index contributed by atoms with van der Waals surface area (Å²) in [5.74, 6) is -0.692. The van der Waals surface area contributed by atoms with Crippen molar-refractivity contribution in [1.82, 2.24) is 0 Å². The Morgan fingerprint density at radius 2 is 1.76 bits per heavy atom. The van der Waals surface area contributed by atoms with Crippen LogP contribution in [0, 0.1) is 5.82 Å². The van der Waals surface area contributed by atoms with Gasteiger partial charge in [-0.15, -0.1) is 0 Å². The van der Waals surface area contributed by atoms with Crippen molar-refractivity contribution in [1.29, 1.82) is 0 Å². The monoisotopic (exact) mass is 286 g/mol. The standard InChI is InChI=1S/C16H15FN2O2/c1-11(20)12-5-7-14(8-6-12)18-10-16(21)19-15-4-2-3-13(17)9-15/h2-9,18H,10H2,1H3,(H,19,21). The lowest BCUT2D eigenvalue weighted by Gasteiger charge is -2.08. The second kappa shape index (κ2) is 6.65. The summed E-state index contributed by atoms with van der Waals surface area (Å²) in [6, 6.07) is 12.5. The third kappa shape index (κ3) is 4.42. The van der Waals surface area contributed by atoms with Crippen molar-refractivity contribution >= 4 is 23.1 Å². The van der Waals surface area contributed by atoms with Crippen molar-refractivity contribution in [3.63, 3.8) is 0 Å². The van der Waals surface area contributed by atoms with Crippen LogP contribution in [0.25, 0.3) is 0 Å². The van der Waals surface area contributed by atoms with Crippen molar-refractivity contribution < 1.29 is 14.0 Å². The lowest BCUT2D eigenvalue weighted by Crippen LogP contribution is -2.21. The summed E-state index contributed by atoms with van der Waals surface area (Å²) in [4.78, 5) is 22.9. The zero-order valence-corrected chi connectivity index (χ0v) is 11.5. The molecule has 0 aliphatic rings. The minimum Gasteiger partial charge on any atom is -0.376 e. The fraction of sp³-hybridized carbons (Fsp3) is 0.125. The van der Waals surface area contributed by atoms with Gasteiger partial charge in [0.2, 0.25) is 5.91 Å². The Morgan fingerprint density at radius 3 is 2.38 bits per heavy atom. The predicted octanol–water partition coefficient (Wildman–Crippen LogP) is 3.08. The van der Waals surface area contributed by atoms with Crippen molar-refractivity contribution in [2.75, 3.05) is 17.2 Å². The molecule has 2 rings (SSSR count). The number of carbonyl (C=O) groups excluding carboxylic acids is 2. The van der Waals surface area contributed by atoms with E-state index in [1.54, 1.807) is 30.3 Å². The van der Waals surface area contributed by atoms with E-state index in [2.05, 4.69) is 10.6 Å². The van der Waals surface area contributed by atoms with Crippen LogP contribution >= 0.6 is 0 Å². The average Bonchev–Trinajstić information content (AvgIpc) is 2.45. The van der Waals surface area contributed by atoms with Gasteiger partial charge in [-0.2, -0.15) is 0 Å². The summed E-state index contributed by atoms with van der Waals surface area (Å²) >= 11 is 0. The molecule has 2 aromatic rings. The van der Waals surface area contributed by atoms with Gasteiger partial charge in [0.1, 0.15) is 5.82 Å². The second-order valence-corrected chi connectivity index (χ2v) is 4.55. The number of hydrogen-bond donors (Lipinski definition) is 2. The van der Waals surface area contributed by atoms with Crippen molar-refractivity contribution in [2.24, 2.45) is 0 Å². The van der Waals surface area contributed by atoms with Crippen LogP contribution in [0.3, 0.4) is 0 Å². The molecule has 0 unspecified atom stereocenters. The number of benzene rings is 2. The number of halogens is 1. The Balaban J connectivity index is 1.87. The van der Waals surface area contributed by atoms with E-state index in [9.17, 15) is 14.0 Å². The molecule has 21 heavy (non-hydrogen) atoms. The molecule has 0 aromatic heterocycles. The molecule has 0 bridgehead atoms. The normalized spacial score (nSPS) is 10.0. The number of hydrogen-bond acceptors (Lipinski definition) is 3. The number of rotatable bonds is 5. The number of carbonyl (C=O) groups is 2. The summed E-state index contributed by atoms with van der Waals surface area (Å²) in [6.45, 7) is 1.55. The van der Waals surface area contributed by atoms with Crippen LogP contribution in [-0.2, 0) is 4.79 Å². The lowest BCUT2D eigenvalue weighted by atomic mass is 10.1. The molecular weight excluding hydrogens is 271 g/mol. The Labute approximate surface area is 122 Å². The SMILES string of the molecule is CC(=O)c1ccc(NCC(=O)Nc2cccc(F)c2)cc1. The minimum atomic E-state index is -0.402. The van der Waals surface area contributed by atoms with Crippen LogP contribution in [0.5, 0.6) is 0 Å². The summed E-state index contributed by atoms with van der Waals surface area (Å²) in [6.07, 6.45) is 0. The van der Waals surface area contributed by atoms with Crippen LogP contribution in [-0.4, -0.2) is 18.2 Å². The largest absolute Gasteiger partial charge is 0.376 e. The number of ketones is 1. The van der Waals surface area contributed by atoms with E-state index < -0.39 is 5.82 Å². The first-order chi connectivity index (χ1) is 10.0. The third-order valence-corrected chi connectivity index (χ3v) is 2.85. The molecule has 0 spiro atoms.